The maximum absolute atomic E-state index is 13.0. The molecule has 1 aromatic heterocycles. The van der Waals surface area contributed by atoms with Crippen molar-refractivity contribution in [2.24, 2.45) is 0 Å². The molecule has 0 radical (unpaired) electrons. The zero-order valence-corrected chi connectivity index (χ0v) is 19.2. The summed E-state index contributed by atoms with van der Waals surface area (Å²) in [6, 6.07) is 15.2. The van der Waals surface area contributed by atoms with E-state index in [0.29, 0.717) is 11.3 Å². The molecule has 0 spiro atoms. The molecule has 0 bridgehead atoms. The largest absolute Gasteiger partial charge is 0.489 e. The molecule has 7 nitrogen and oxygen atoms in total. The fourth-order valence-electron chi connectivity index (χ4n) is 3.38. The quantitative estimate of drug-likeness (QED) is 0.509. The number of benzene rings is 2. The molecule has 1 saturated heterocycles. The van der Waals surface area contributed by atoms with Gasteiger partial charge in [0.15, 0.2) is 5.76 Å². The molecule has 4 rings (SSSR count). The predicted molar refractivity (Wildman–Crippen MR) is 121 cm³/mol. The van der Waals surface area contributed by atoms with Gasteiger partial charge in [-0.2, -0.15) is 4.31 Å². The van der Waals surface area contributed by atoms with E-state index in [1.54, 1.807) is 11.0 Å². The van der Waals surface area contributed by atoms with Crippen molar-refractivity contribution in [3.05, 3.63) is 82.2 Å². The highest BCUT2D eigenvalue weighted by Gasteiger charge is 2.32. The molecule has 1 aliphatic heterocycles. The number of halogens is 2. The number of carbonyl (C=O) groups excluding carboxylic acids is 1. The molecule has 0 atom stereocenters. The Morgan fingerprint density at radius 3 is 2.38 bits per heavy atom. The number of nitrogens with zero attached hydrogens (tertiary/aromatic N) is 2. The average molecular weight is 495 g/mol. The summed E-state index contributed by atoms with van der Waals surface area (Å²) in [5.74, 6) is 0.586. The Morgan fingerprint density at radius 1 is 0.969 bits per heavy atom. The van der Waals surface area contributed by atoms with Gasteiger partial charge in [-0.25, -0.2) is 8.42 Å². The van der Waals surface area contributed by atoms with Gasteiger partial charge in [0.25, 0.3) is 5.91 Å². The topological polar surface area (TPSA) is 80.1 Å². The third kappa shape index (κ3) is 4.78. The van der Waals surface area contributed by atoms with Crippen molar-refractivity contribution in [3.8, 4) is 5.75 Å². The van der Waals surface area contributed by atoms with Crippen LogP contribution in [0.2, 0.25) is 10.0 Å². The molecule has 1 amide bonds. The van der Waals surface area contributed by atoms with Crippen molar-refractivity contribution in [2.75, 3.05) is 26.2 Å². The minimum Gasteiger partial charge on any atom is -0.489 e. The third-order valence-electron chi connectivity index (χ3n) is 5.13. The Morgan fingerprint density at radius 2 is 1.69 bits per heavy atom. The molecule has 2 heterocycles. The lowest BCUT2D eigenvalue weighted by Gasteiger charge is -2.33. The fourth-order valence-corrected chi connectivity index (χ4v) is 5.19. The summed E-state index contributed by atoms with van der Waals surface area (Å²) in [5.41, 5.74) is 0.629. The van der Waals surface area contributed by atoms with Gasteiger partial charge in [-0.1, -0.05) is 41.4 Å². The van der Waals surface area contributed by atoms with Crippen molar-refractivity contribution in [2.45, 2.75) is 11.5 Å². The Kier molecular flexibility index (Phi) is 6.76. The summed E-state index contributed by atoms with van der Waals surface area (Å²) in [6.45, 7) is 0.973. The van der Waals surface area contributed by atoms with Gasteiger partial charge in [0, 0.05) is 31.7 Å². The van der Waals surface area contributed by atoms with E-state index in [2.05, 4.69) is 0 Å². The first-order valence-electron chi connectivity index (χ1n) is 9.85. The minimum atomic E-state index is -3.74. The first-order chi connectivity index (χ1) is 15.4. The molecule has 1 aliphatic rings. The first kappa shape index (κ1) is 22.7. The highest BCUT2D eigenvalue weighted by atomic mass is 35.5. The Labute approximate surface area is 196 Å². The van der Waals surface area contributed by atoms with Gasteiger partial charge in [0.2, 0.25) is 10.0 Å². The van der Waals surface area contributed by atoms with E-state index in [1.165, 1.54) is 28.8 Å². The number of hydrogen-bond donors (Lipinski definition) is 0. The standard InChI is InChI=1S/C22H20Cl2N2O5S/c23-19-7-6-18(14-20(19)24)32(28,29)26-11-9-25(10-12-26)22(27)21-16(8-13-30-21)15-31-17-4-2-1-3-5-17/h1-8,13-14H,9-12,15H2. The van der Waals surface area contributed by atoms with Crippen molar-refractivity contribution < 1.29 is 22.4 Å². The number of amides is 1. The van der Waals surface area contributed by atoms with Crippen LogP contribution in [0, 0.1) is 0 Å². The second kappa shape index (κ2) is 9.54. The molecule has 32 heavy (non-hydrogen) atoms. The van der Waals surface area contributed by atoms with Crippen molar-refractivity contribution in [3.63, 3.8) is 0 Å². The maximum Gasteiger partial charge on any atom is 0.290 e. The van der Waals surface area contributed by atoms with Crippen molar-refractivity contribution in [1.29, 1.82) is 0 Å². The summed E-state index contributed by atoms with van der Waals surface area (Å²) in [6.07, 6.45) is 1.45. The smallest absolute Gasteiger partial charge is 0.290 e. The monoisotopic (exact) mass is 494 g/mol. The van der Waals surface area contributed by atoms with E-state index in [-0.39, 0.29) is 59.4 Å². The second-order valence-corrected chi connectivity index (χ2v) is 9.90. The van der Waals surface area contributed by atoms with Crippen LogP contribution in [-0.2, 0) is 16.6 Å². The third-order valence-corrected chi connectivity index (χ3v) is 7.77. The van der Waals surface area contributed by atoms with Crippen molar-refractivity contribution >= 4 is 39.1 Å². The van der Waals surface area contributed by atoms with Gasteiger partial charge in [-0.3, -0.25) is 4.79 Å². The summed E-state index contributed by atoms with van der Waals surface area (Å²) < 4.78 is 38.3. The number of sulfonamides is 1. The highest BCUT2D eigenvalue weighted by molar-refractivity contribution is 7.89. The van der Waals surface area contributed by atoms with Gasteiger partial charge in [0.1, 0.15) is 12.4 Å². The zero-order valence-electron chi connectivity index (χ0n) is 16.9. The molecule has 10 heteroatoms. The lowest BCUT2D eigenvalue weighted by atomic mass is 10.2. The summed E-state index contributed by atoms with van der Waals surface area (Å²) in [5, 5.41) is 0.455. The van der Waals surface area contributed by atoms with E-state index in [9.17, 15) is 13.2 Å². The van der Waals surface area contributed by atoms with Gasteiger partial charge in [-0.15, -0.1) is 0 Å². The van der Waals surface area contributed by atoms with Gasteiger partial charge >= 0.3 is 0 Å². The number of furan rings is 1. The van der Waals surface area contributed by atoms with Crippen LogP contribution in [0.3, 0.4) is 0 Å². The summed E-state index contributed by atoms with van der Waals surface area (Å²) in [4.78, 5) is 14.6. The lowest BCUT2D eigenvalue weighted by molar-refractivity contribution is 0.0662. The molecular weight excluding hydrogens is 475 g/mol. The zero-order chi connectivity index (χ0) is 22.7. The molecule has 0 aliphatic carbocycles. The van der Waals surface area contributed by atoms with Crippen LogP contribution in [0.1, 0.15) is 16.1 Å². The van der Waals surface area contributed by atoms with E-state index in [0.717, 1.165) is 0 Å². The van der Waals surface area contributed by atoms with E-state index in [1.807, 2.05) is 30.3 Å². The van der Waals surface area contributed by atoms with Crippen LogP contribution in [0.5, 0.6) is 5.75 Å². The number of para-hydroxylation sites is 1. The molecule has 3 aromatic rings. The first-order valence-corrected chi connectivity index (χ1v) is 12.0. The number of rotatable bonds is 6. The molecule has 1 fully saturated rings. The highest BCUT2D eigenvalue weighted by Crippen LogP contribution is 2.27. The van der Waals surface area contributed by atoms with E-state index < -0.39 is 10.0 Å². The molecular formula is C22H20Cl2N2O5S. The second-order valence-electron chi connectivity index (χ2n) is 7.15. The summed E-state index contributed by atoms with van der Waals surface area (Å²) >= 11 is 11.9. The molecule has 0 N–H and O–H groups in total. The summed E-state index contributed by atoms with van der Waals surface area (Å²) in [7, 11) is -3.74. The van der Waals surface area contributed by atoms with Crippen LogP contribution in [-0.4, -0.2) is 49.7 Å². The van der Waals surface area contributed by atoms with Crippen LogP contribution < -0.4 is 4.74 Å². The SMILES string of the molecule is O=C(c1occc1COc1ccccc1)N1CCN(S(=O)(=O)c2ccc(Cl)c(Cl)c2)CC1. The number of ether oxygens (including phenoxy) is 1. The number of hydrogen-bond acceptors (Lipinski definition) is 5. The van der Waals surface area contributed by atoms with Crippen LogP contribution in [0.25, 0.3) is 0 Å². The van der Waals surface area contributed by atoms with Crippen LogP contribution in [0.15, 0.2) is 70.2 Å². The number of carbonyl (C=O) groups is 1. The van der Waals surface area contributed by atoms with E-state index >= 15 is 0 Å². The normalized spacial score (nSPS) is 15.0. The van der Waals surface area contributed by atoms with E-state index in [4.69, 9.17) is 32.4 Å². The molecule has 0 saturated carbocycles. The fraction of sp³-hybridized carbons (Fsp3) is 0.227. The van der Waals surface area contributed by atoms with Crippen molar-refractivity contribution in [1.82, 2.24) is 9.21 Å². The van der Waals surface area contributed by atoms with Gasteiger partial charge in [0.05, 0.1) is 21.2 Å². The average Bonchev–Trinajstić information content (AvgIpc) is 3.28. The predicted octanol–water partition coefficient (Wildman–Crippen LogP) is 4.31. The van der Waals surface area contributed by atoms with Gasteiger partial charge < -0.3 is 14.1 Å². The molecule has 0 unspecified atom stereocenters. The maximum atomic E-state index is 13.0. The van der Waals surface area contributed by atoms with Crippen LogP contribution >= 0.6 is 23.2 Å². The Hall–Kier alpha value is -2.52. The lowest BCUT2D eigenvalue weighted by Crippen LogP contribution is -2.50. The Balaban J connectivity index is 1.40. The Bertz CT molecular complexity index is 1210. The minimum absolute atomic E-state index is 0.0676. The molecule has 168 valence electrons. The molecule has 2 aromatic carbocycles. The van der Waals surface area contributed by atoms with Crippen LogP contribution in [0.4, 0.5) is 0 Å². The number of piperazine rings is 1. The van der Waals surface area contributed by atoms with Gasteiger partial charge in [-0.05, 0) is 36.4 Å².